The van der Waals surface area contributed by atoms with Gasteiger partial charge in [0.05, 0.1) is 24.9 Å². The summed E-state index contributed by atoms with van der Waals surface area (Å²) in [6.45, 7) is 3.56. The van der Waals surface area contributed by atoms with Gasteiger partial charge in [-0.3, -0.25) is 4.79 Å². The van der Waals surface area contributed by atoms with E-state index in [0.29, 0.717) is 26.6 Å². The number of Topliss-reactive ketones (excluding diaryl/α,β-unsaturated/α-hetero) is 1. The molecule has 7 heteroatoms. The van der Waals surface area contributed by atoms with Crippen molar-refractivity contribution in [2.75, 3.05) is 13.7 Å². The molecule has 0 atom stereocenters. The number of nitrogens with zero attached hydrogens (tertiary/aromatic N) is 2. The zero-order chi connectivity index (χ0) is 20.7. The van der Waals surface area contributed by atoms with Crippen LogP contribution in [0.4, 0.5) is 0 Å². The second-order valence-electron chi connectivity index (χ2n) is 5.73. The molecule has 1 aromatic heterocycles. The fourth-order valence-electron chi connectivity index (χ4n) is 2.55. The minimum absolute atomic E-state index is 0.0409. The summed E-state index contributed by atoms with van der Waals surface area (Å²) in [6, 6.07) is 10.9. The first-order valence-electron chi connectivity index (χ1n) is 8.43. The number of nitriles is 2. The minimum atomic E-state index is -0.521. The molecule has 1 aromatic carbocycles. The van der Waals surface area contributed by atoms with Crippen molar-refractivity contribution in [2.45, 2.75) is 20.3 Å². The van der Waals surface area contributed by atoms with Crippen molar-refractivity contribution >= 4 is 29.2 Å². The van der Waals surface area contributed by atoms with Gasteiger partial charge in [-0.1, -0.05) is 12.1 Å². The van der Waals surface area contributed by atoms with Gasteiger partial charge in [-0.2, -0.15) is 10.5 Å². The minimum Gasteiger partial charge on any atom is -0.497 e. The largest absolute Gasteiger partial charge is 0.497 e. The number of methoxy groups -OCH3 is 1. The molecule has 142 valence electrons. The normalized spacial score (nSPS) is 10.7. The summed E-state index contributed by atoms with van der Waals surface area (Å²) in [5, 5.41) is 18.8. The highest BCUT2D eigenvalue weighted by atomic mass is 32.1. The van der Waals surface area contributed by atoms with Crippen LogP contribution in [0, 0.1) is 29.6 Å². The van der Waals surface area contributed by atoms with Crippen LogP contribution in [-0.4, -0.2) is 25.5 Å². The summed E-state index contributed by atoms with van der Waals surface area (Å²) >= 11 is 1.05. The van der Waals surface area contributed by atoms with Gasteiger partial charge < -0.3 is 9.47 Å². The van der Waals surface area contributed by atoms with Gasteiger partial charge in [-0.25, -0.2) is 4.79 Å². The van der Waals surface area contributed by atoms with Gasteiger partial charge in [-0.15, -0.1) is 11.3 Å². The number of ether oxygens (including phenoxy) is 2. The van der Waals surface area contributed by atoms with Gasteiger partial charge in [0.1, 0.15) is 22.8 Å². The molecule has 0 amide bonds. The van der Waals surface area contributed by atoms with Crippen molar-refractivity contribution in [3.05, 3.63) is 56.3 Å². The van der Waals surface area contributed by atoms with E-state index in [1.54, 1.807) is 38.1 Å². The zero-order valence-corrected chi connectivity index (χ0v) is 16.6. The van der Waals surface area contributed by atoms with Crippen molar-refractivity contribution in [3.8, 4) is 17.9 Å². The van der Waals surface area contributed by atoms with E-state index in [0.717, 1.165) is 11.3 Å². The third-order valence-electron chi connectivity index (χ3n) is 3.94. The summed E-state index contributed by atoms with van der Waals surface area (Å²) < 4.78 is 10.1. The van der Waals surface area contributed by atoms with Gasteiger partial charge in [-0.05, 0) is 43.2 Å². The second kappa shape index (κ2) is 9.50. The Labute approximate surface area is 167 Å². The van der Waals surface area contributed by atoms with Crippen molar-refractivity contribution in [3.63, 3.8) is 0 Å². The number of hydrogen-bond donors (Lipinski definition) is 0. The van der Waals surface area contributed by atoms with E-state index in [1.807, 2.05) is 12.1 Å². The Morgan fingerprint density at radius 3 is 2.64 bits per heavy atom. The van der Waals surface area contributed by atoms with E-state index in [1.165, 1.54) is 13.2 Å². The number of carbonyl (C=O) groups excluding carboxylic acids is 2. The van der Waals surface area contributed by atoms with E-state index in [2.05, 4.69) is 0 Å². The Bertz CT molecular complexity index is 1020. The third kappa shape index (κ3) is 4.64. The van der Waals surface area contributed by atoms with Crippen LogP contribution in [0.25, 0.3) is 6.08 Å². The van der Waals surface area contributed by atoms with Gasteiger partial charge in [0.25, 0.3) is 0 Å². The number of benzene rings is 1. The highest BCUT2D eigenvalue weighted by Crippen LogP contribution is 2.29. The van der Waals surface area contributed by atoms with Crippen molar-refractivity contribution in [1.29, 1.82) is 10.5 Å². The SMILES string of the molecule is CCOC(=O)c1sc(CC(=O)/C(C#N)=C/c2cccc(OC)c2)c(C#N)c1C. The molecule has 0 spiro atoms. The standard InChI is InChI=1S/C21H18N2O4S/c1-4-27-21(25)20-13(2)17(12-23)19(28-20)10-18(24)15(11-22)8-14-6-5-7-16(9-14)26-3/h5-9H,4,10H2,1-3H3/b15-8+. The maximum absolute atomic E-state index is 12.6. The lowest BCUT2D eigenvalue weighted by Gasteiger charge is -2.02. The number of ketones is 1. The van der Waals surface area contributed by atoms with Crippen LogP contribution in [0.3, 0.4) is 0 Å². The molecule has 0 N–H and O–H groups in total. The molecule has 28 heavy (non-hydrogen) atoms. The summed E-state index contributed by atoms with van der Waals surface area (Å²) in [5.41, 5.74) is 1.38. The van der Waals surface area contributed by atoms with E-state index in [-0.39, 0.29) is 24.2 Å². The quantitative estimate of drug-likeness (QED) is 0.402. The van der Waals surface area contributed by atoms with Gasteiger partial charge in [0.2, 0.25) is 0 Å². The molecule has 2 aromatic rings. The highest BCUT2D eigenvalue weighted by molar-refractivity contribution is 7.14. The highest BCUT2D eigenvalue weighted by Gasteiger charge is 2.23. The number of thiophene rings is 1. The lowest BCUT2D eigenvalue weighted by molar-refractivity contribution is -0.114. The molecule has 0 unspecified atom stereocenters. The van der Waals surface area contributed by atoms with Crippen LogP contribution in [0.1, 0.15) is 38.2 Å². The predicted octanol–water partition coefficient (Wildman–Crippen LogP) is 3.83. The summed E-state index contributed by atoms with van der Waals surface area (Å²) in [6.07, 6.45) is 1.33. The molecule has 0 saturated carbocycles. The molecule has 1 heterocycles. The van der Waals surface area contributed by atoms with Crippen LogP contribution in [-0.2, 0) is 16.0 Å². The maximum atomic E-state index is 12.6. The molecule has 0 saturated heterocycles. The van der Waals surface area contributed by atoms with E-state index in [4.69, 9.17) is 9.47 Å². The lowest BCUT2D eigenvalue weighted by atomic mass is 10.0. The van der Waals surface area contributed by atoms with Crippen molar-refractivity contribution in [1.82, 2.24) is 0 Å². The molecule has 0 aliphatic heterocycles. The van der Waals surface area contributed by atoms with E-state index >= 15 is 0 Å². The topological polar surface area (TPSA) is 100 Å². The Morgan fingerprint density at radius 1 is 1.29 bits per heavy atom. The van der Waals surface area contributed by atoms with E-state index < -0.39 is 11.8 Å². The zero-order valence-electron chi connectivity index (χ0n) is 15.7. The molecular formula is C21H18N2O4S. The molecule has 2 rings (SSSR count). The van der Waals surface area contributed by atoms with Gasteiger partial charge in [0.15, 0.2) is 5.78 Å². The van der Waals surface area contributed by atoms with Crippen molar-refractivity contribution in [2.24, 2.45) is 0 Å². The first kappa shape index (κ1) is 20.9. The summed E-state index contributed by atoms with van der Waals surface area (Å²) in [5.74, 6) is -0.343. The first-order chi connectivity index (χ1) is 13.4. The second-order valence-corrected chi connectivity index (χ2v) is 6.84. The smallest absolute Gasteiger partial charge is 0.348 e. The van der Waals surface area contributed by atoms with E-state index in [9.17, 15) is 20.1 Å². The van der Waals surface area contributed by atoms with Crippen LogP contribution < -0.4 is 4.74 Å². The number of hydrogen-bond acceptors (Lipinski definition) is 7. The molecule has 0 aliphatic carbocycles. The average molecular weight is 394 g/mol. The van der Waals surface area contributed by atoms with Crippen LogP contribution in [0.2, 0.25) is 0 Å². The molecule has 0 fully saturated rings. The Hall–Kier alpha value is -3.42. The fraction of sp³-hybridized carbons (Fsp3) is 0.238. The predicted molar refractivity (Wildman–Crippen MR) is 105 cm³/mol. The Kier molecular flexibility index (Phi) is 7.08. The molecule has 0 aliphatic rings. The van der Waals surface area contributed by atoms with Gasteiger partial charge >= 0.3 is 5.97 Å². The van der Waals surface area contributed by atoms with Crippen molar-refractivity contribution < 1.29 is 19.1 Å². The monoisotopic (exact) mass is 394 g/mol. The Balaban J connectivity index is 2.33. The maximum Gasteiger partial charge on any atom is 0.348 e. The molecule has 6 nitrogen and oxygen atoms in total. The molecular weight excluding hydrogens is 376 g/mol. The van der Waals surface area contributed by atoms with Crippen LogP contribution in [0.15, 0.2) is 29.8 Å². The Morgan fingerprint density at radius 2 is 2.04 bits per heavy atom. The number of esters is 1. The molecule has 0 bridgehead atoms. The number of rotatable bonds is 7. The third-order valence-corrected chi connectivity index (χ3v) is 5.21. The van der Waals surface area contributed by atoms with Crippen LogP contribution in [0.5, 0.6) is 5.75 Å². The summed E-state index contributed by atoms with van der Waals surface area (Å²) in [7, 11) is 1.53. The first-order valence-corrected chi connectivity index (χ1v) is 9.25. The summed E-state index contributed by atoms with van der Waals surface area (Å²) in [4.78, 5) is 25.4. The number of allylic oxidation sites excluding steroid dienone is 1. The molecule has 0 radical (unpaired) electrons. The number of carbonyl (C=O) groups is 2. The van der Waals surface area contributed by atoms with Gasteiger partial charge in [0, 0.05) is 11.3 Å². The average Bonchev–Trinajstić information content (AvgIpc) is 3.01. The van der Waals surface area contributed by atoms with Crippen LogP contribution >= 0.6 is 11.3 Å². The fourth-order valence-corrected chi connectivity index (χ4v) is 3.70. The lowest BCUT2D eigenvalue weighted by Crippen LogP contribution is -2.05.